The topological polar surface area (TPSA) is 47.0 Å². The highest BCUT2D eigenvalue weighted by atomic mass is 79.9. The number of ketones is 1. The van der Waals surface area contributed by atoms with Crippen LogP contribution >= 0.6 is 0 Å². The summed E-state index contributed by atoms with van der Waals surface area (Å²) in [5, 5.41) is 0. The van der Waals surface area contributed by atoms with Crippen molar-refractivity contribution in [3.63, 3.8) is 0 Å². The van der Waals surface area contributed by atoms with Gasteiger partial charge in [-0.15, -0.1) is 0 Å². The summed E-state index contributed by atoms with van der Waals surface area (Å²) in [6, 6.07) is 13.3. The van der Waals surface area contributed by atoms with E-state index in [1.807, 2.05) is 60.2 Å². The van der Waals surface area contributed by atoms with Crippen LogP contribution in [0.1, 0.15) is 22.3 Å². The Bertz CT molecular complexity index is 552. The van der Waals surface area contributed by atoms with Crippen LogP contribution in [0.15, 0.2) is 48.7 Å². The van der Waals surface area contributed by atoms with Gasteiger partial charge >= 0.3 is 0 Å². The van der Waals surface area contributed by atoms with Crippen molar-refractivity contribution in [2.75, 3.05) is 5.73 Å². The molecule has 0 amide bonds. The molecule has 0 aliphatic heterocycles. The Balaban J connectivity index is 0.00000180. The van der Waals surface area contributed by atoms with Gasteiger partial charge in [-0.05, 0) is 13.0 Å². The Labute approximate surface area is 123 Å². The van der Waals surface area contributed by atoms with Gasteiger partial charge in [0.25, 0.3) is 5.82 Å². The van der Waals surface area contributed by atoms with E-state index in [1.54, 1.807) is 0 Å². The lowest BCUT2D eigenvalue weighted by Crippen LogP contribution is -3.00. The highest BCUT2D eigenvalue weighted by molar-refractivity contribution is 5.95. The summed E-state index contributed by atoms with van der Waals surface area (Å²) in [7, 11) is 0. The number of nitrogen functional groups attached to an aromatic ring is 1. The van der Waals surface area contributed by atoms with E-state index in [-0.39, 0.29) is 22.8 Å². The summed E-state index contributed by atoms with van der Waals surface area (Å²) < 4.78 is 1.88. The minimum Gasteiger partial charge on any atom is -1.00 e. The van der Waals surface area contributed by atoms with Crippen LogP contribution in [0.25, 0.3) is 0 Å². The fourth-order valence-electron chi connectivity index (χ4n) is 1.80. The van der Waals surface area contributed by atoms with Gasteiger partial charge in [0.05, 0.1) is 12.7 Å². The molecule has 100 valence electrons. The molecule has 1 heterocycles. The molecule has 0 spiro atoms. The van der Waals surface area contributed by atoms with Crippen molar-refractivity contribution >= 4 is 11.6 Å². The largest absolute Gasteiger partial charge is 1.00 e. The van der Waals surface area contributed by atoms with E-state index < -0.39 is 0 Å². The van der Waals surface area contributed by atoms with Crippen LogP contribution < -0.4 is 27.3 Å². The minimum absolute atomic E-state index is 0. The van der Waals surface area contributed by atoms with E-state index in [1.165, 1.54) is 0 Å². The first-order chi connectivity index (χ1) is 8.66. The predicted octanol–water partition coefficient (Wildman–Crippen LogP) is -0.858. The van der Waals surface area contributed by atoms with Crippen molar-refractivity contribution in [2.45, 2.75) is 19.9 Å². The molecule has 0 aliphatic carbocycles. The molecule has 0 saturated heterocycles. The number of Topliss-reactive ketones (excluding diaryl/α,β-unsaturated/α-hetero) is 1. The van der Waals surface area contributed by atoms with Gasteiger partial charge in [-0.3, -0.25) is 10.5 Å². The second kappa shape index (κ2) is 7.04. The van der Waals surface area contributed by atoms with Crippen LogP contribution in [0, 0.1) is 6.92 Å². The molecule has 2 rings (SSSR count). The van der Waals surface area contributed by atoms with Crippen molar-refractivity contribution in [1.82, 2.24) is 0 Å². The molecule has 1 aromatic heterocycles. The molecule has 3 nitrogen and oxygen atoms in total. The highest BCUT2D eigenvalue weighted by Gasteiger charge is 2.09. The third-order valence-electron chi connectivity index (χ3n) is 2.93. The molecule has 2 aromatic rings. The zero-order valence-electron chi connectivity index (χ0n) is 10.8. The van der Waals surface area contributed by atoms with Crippen molar-refractivity contribution in [2.24, 2.45) is 0 Å². The summed E-state index contributed by atoms with van der Waals surface area (Å²) >= 11 is 0. The van der Waals surface area contributed by atoms with E-state index in [0.29, 0.717) is 18.8 Å². The maximum absolute atomic E-state index is 12.0. The van der Waals surface area contributed by atoms with Gasteiger partial charge in [-0.2, -0.15) is 0 Å². The number of benzene rings is 1. The van der Waals surface area contributed by atoms with E-state index in [9.17, 15) is 4.79 Å². The highest BCUT2D eigenvalue weighted by Crippen LogP contribution is 2.06. The lowest BCUT2D eigenvalue weighted by molar-refractivity contribution is -0.681. The number of anilines is 1. The number of aryl methyl sites for hydroxylation is 2. The summed E-state index contributed by atoms with van der Waals surface area (Å²) in [5.41, 5.74) is 7.74. The quantitative estimate of drug-likeness (QED) is 0.589. The molecular formula is C15H17BrN2O. The number of hydrogen-bond donors (Lipinski definition) is 1. The summed E-state index contributed by atoms with van der Waals surface area (Å²) in [4.78, 5) is 12.0. The number of carbonyl (C=O) groups is 1. The number of carbonyl (C=O) groups excluding carboxylic acids is 1. The molecular weight excluding hydrogens is 304 g/mol. The second-order valence-electron chi connectivity index (χ2n) is 4.36. The Morgan fingerprint density at radius 2 is 1.84 bits per heavy atom. The molecule has 0 unspecified atom stereocenters. The minimum atomic E-state index is 0. The monoisotopic (exact) mass is 320 g/mol. The van der Waals surface area contributed by atoms with Crippen molar-refractivity contribution in [3.05, 3.63) is 59.8 Å². The van der Waals surface area contributed by atoms with Gasteiger partial charge in [0.2, 0.25) is 0 Å². The van der Waals surface area contributed by atoms with Crippen LogP contribution in [0.2, 0.25) is 0 Å². The fraction of sp³-hybridized carbons (Fsp3) is 0.200. The molecule has 0 fully saturated rings. The molecule has 0 atom stereocenters. The van der Waals surface area contributed by atoms with E-state index in [4.69, 9.17) is 5.73 Å². The Morgan fingerprint density at radius 1 is 1.16 bits per heavy atom. The van der Waals surface area contributed by atoms with Gasteiger partial charge in [0, 0.05) is 18.1 Å². The van der Waals surface area contributed by atoms with Crippen molar-refractivity contribution in [1.29, 1.82) is 0 Å². The van der Waals surface area contributed by atoms with Crippen LogP contribution in [-0.4, -0.2) is 5.78 Å². The average Bonchev–Trinajstić information content (AvgIpc) is 2.38. The maximum atomic E-state index is 12.0. The lowest BCUT2D eigenvalue weighted by atomic mass is 10.1. The number of rotatable bonds is 4. The molecule has 0 radical (unpaired) electrons. The van der Waals surface area contributed by atoms with Crippen LogP contribution in [0.3, 0.4) is 0 Å². The summed E-state index contributed by atoms with van der Waals surface area (Å²) in [6.45, 7) is 2.62. The molecule has 0 bridgehead atoms. The number of nitrogens with zero attached hydrogens (tertiary/aromatic N) is 1. The SMILES string of the molecule is Cc1ccc(C(=O)CC[n+]2ccccc2N)cc1.[Br-]. The van der Waals surface area contributed by atoms with E-state index >= 15 is 0 Å². The zero-order chi connectivity index (χ0) is 13.0. The number of halogens is 1. The van der Waals surface area contributed by atoms with Gasteiger partial charge < -0.3 is 17.0 Å². The number of pyridine rings is 1. The third kappa shape index (κ3) is 4.17. The number of hydrogen-bond acceptors (Lipinski definition) is 2. The van der Waals surface area contributed by atoms with Gasteiger partial charge in [0.1, 0.15) is 0 Å². The normalized spacial score (nSPS) is 9.74. The maximum Gasteiger partial charge on any atom is 0.272 e. The first-order valence-electron chi connectivity index (χ1n) is 6.00. The molecule has 0 aliphatic rings. The average molecular weight is 321 g/mol. The summed E-state index contributed by atoms with van der Waals surface area (Å²) in [5.74, 6) is 0.819. The third-order valence-corrected chi connectivity index (χ3v) is 2.93. The van der Waals surface area contributed by atoms with E-state index in [2.05, 4.69) is 0 Å². The Kier molecular flexibility index (Phi) is 5.70. The zero-order valence-corrected chi connectivity index (χ0v) is 12.4. The molecule has 1 aromatic carbocycles. The van der Waals surface area contributed by atoms with Gasteiger partial charge in [0.15, 0.2) is 5.78 Å². The van der Waals surface area contributed by atoms with Crippen molar-refractivity contribution < 1.29 is 26.3 Å². The predicted molar refractivity (Wildman–Crippen MR) is 71.2 cm³/mol. The van der Waals surface area contributed by atoms with Crippen LogP contribution in [0.4, 0.5) is 5.82 Å². The number of aromatic nitrogens is 1. The van der Waals surface area contributed by atoms with E-state index in [0.717, 1.165) is 11.1 Å². The first kappa shape index (κ1) is 15.4. The Morgan fingerprint density at radius 3 is 2.47 bits per heavy atom. The fourth-order valence-corrected chi connectivity index (χ4v) is 1.80. The van der Waals surface area contributed by atoms with Crippen molar-refractivity contribution in [3.8, 4) is 0 Å². The Hall–Kier alpha value is -1.68. The molecule has 19 heavy (non-hydrogen) atoms. The standard InChI is InChI=1S/C15H16N2O.BrH/c1-12-5-7-13(8-6-12)14(18)9-11-17-10-3-2-4-15(17)16;/h2-8,10,16H,9,11H2,1H3;1H. The summed E-state index contributed by atoms with van der Waals surface area (Å²) in [6.07, 6.45) is 2.35. The first-order valence-corrected chi connectivity index (χ1v) is 6.00. The molecule has 2 N–H and O–H groups in total. The number of nitrogens with two attached hydrogens (primary N) is 1. The molecule has 4 heteroatoms. The lowest BCUT2D eigenvalue weighted by Gasteiger charge is -2.03. The van der Waals surface area contributed by atoms with Gasteiger partial charge in [-0.1, -0.05) is 35.9 Å². The van der Waals surface area contributed by atoms with Crippen LogP contribution in [-0.2, 0) is 6.54 Å². The molecule has 0 saturated carbocycles. The van der Waals surface area contributed by atoms with Crippen LogP contribution in [0.5, 0.6) is 0 Å². The second-order valence-corrected chi connectivity index (χ2v) is 4.36. The van der Waals surface area contributed by atoms with Gasteiger partial charge in [-0.25, -0.2) is 4.57 Å². The smallest absolute Gasteiger partial charge is 0.272 e.